The van der Waals surface area contributed by atoms with Gasteiger partial charge >= 0.3 is 0 Å². The molecule has 0 spiro atoms. The molecule has 1 aromatic carbocycles. The number of likely N-dealkylation sites (tertiary alicyclic amines) is 1. The summed E-state index contributed by atoms with van der Waals surface area (Å²) in [6.45, 7) is 2.32. The van der Waals surface area contributed by atoms with Gasteiger partial charge in [0.05, 0.1) is 6.20 Å². The highest BCUT2D eigenvalue weighted by Gasteiger charge is 2.24. The van der Waals surface area contributed by atoms with Gasteiger partial charge in [0, 0.05) is 37.4 Å². The summed E-state index contributed by atoms with van der Waals surface area (Å²) in [4.78, 5) is 10.4. The van der Waals surface area contributed by atoms with Gasteiger partial charge in [-0.15, -0.1) is 0 Å². The first-order chi connectivity index (χ1) is 12.3. The number of aromatic nitrogens is 2. The summed E-state index contributed by atoms with van der Waals surface area (Å²) in [5, 5.41) is 11.5. The first kappa shape index (κ1) is 16.1. The maximum Gasteiger partial charge on any atom is 0.232 e. The van der Waals surface area contributed by atoms with Gasteiger partial charge in [0.1, 0.15) is 23.6 Å². The van der Waals surface area contributed by atoms with Crippen LogP contribution >= 0.6 is 0 Å². The Morgan fingerprint density at radius 1 is 1.24 bits per heavy atom. The fourth-order valence-corrected chi connectivity index (χ4v) is 3.23. The Morgan fingerprint density at radius 2 is 2.08 bits per heavy atom. The molecule has 130 valence electrons. The van der Waals surface area contributed by atoms with Crippen molar-refractivity contribution < 1.29 is 14.3 Å². The van der Waals surface area contributed by atoms with Crippen molar-refractivity contribution in [3.63, 3.8) is 0 Å². The summed E-state index contributed by atoms with van der Waals surface area (Å²) in [6, 6.07) is 9.73. The zero-order chi connectivity index (χ0) is 17.1. The number of ether oxygens (including phenoxy) is 1. The van der Waals surface area contributed by atoms with Crippen molar-refractivity contribution in [2.75, 3.05) is 19.6 Å². The third-order valence-electron chi connectivity index (χ3n) is 4.57. The predicted molar refractivity (Wildman–Crippen MR) is 93.3 cm³/mol. The molecular weight excluding hydrogens is 318 g/mol. The first-order valence-electron chi connectivity index (χ1n) is 8.59. The van der Waals surface area contributed by atoms with Gasteiger partial charge in [-0.1, -0.05) is 18.2 Å². The number of fused-ring (bicyclic) bond motifs is 1. The molecule has 0 radical (unpaired) electrons. The van der Waals surface area contributed by atoms with Crippen LogP contribution in [0.2, 0.25) is 0 Å². The Bertz CT molecular complexity index is 780. The molecular formula is C19H21N3O3. The van der Waals surface area contributed by atoms with Crippen LogP contribution < -0.4 is 4.74 Å². The van der Waals surface area contributed by atoms with Gasteiger partial charge < -0.3 is 19.2 Å². The molecule has 25 heavy (non-hydrogen) atoms. The Balaban J connectivity index is 1.30. The van der Waals surface area contributed by atoms with E-state index in [1.165, 1.54) is 0 Å². The van der Waals surface area contributed by atoms with Crippen LogP contribution in [0, 0.1) is 0 Å². The van der Waals surface area contributed by atoms with Crippen LogP contribution in [0.4, 0.5) is 0 Å². The zero-order valence-electron chi connectivity index (χ0n) is 13.9. The molecule has 1 aliphatic rings. The molecule has 6 nitrogen and oxygen atoms in total. The number of hydrogen-bond acceptors (Lipinski definition) is 6. The van der Waals surface area contributed by atoms with E-state index >= 15 is 0 Å². The number of piperidine rings is 1. The number of aliphatic hydroxyl groups excluding tert-OH is 1. The monoisotopic (exact) mass is 339 g/mol. The van der Waals surface area contributed by atoms with Crippen molar-refractivity contribution in [3.8, 4) is 5.88 Å². The van der Waals surface area contributed by atoms with Gasteiger partial charge in [-0.2, -0.15) is 0 Å². The number of β-amino-alcohol motifs (C(OH)–C–C–N with tert-alkyl or cyclic N) is 1. The highest BCUT2D eigenvalue weighted by Crippen LogP contribution is 2.25. The summed E-state index contributed by atoms with van der Waals surface area (Å²) in [5.41, 5.74) is 0.813. The minimum atomic E-state index is -0.621. The van der Waals surface area contributed by atoms with Gasteiger partial charge in [0.15, 0.2) is 0 Å². The molecule has 1 saturated heterocycles. The van der Waals surface area contributed by atoms with Crippen LogP contribution in [0.15, 0.2) is 53.3 Å². The third-order valence-corrected chi connectivity index (χ3v) is 4.57. The normalized spacial score (nSPS) is 17.6. The SMILES string of the molecule is O[C@H](CN1CCC(Oc2cnccn2)CC1)c1cc2ccccc2o1. The minimum absolute atomic E-state index is 0.149. The maximum atomic E-state index is 10.5. The predicted octanol–water partition coefficient (Wildman–Crippen LogP) is 2.80. The number of furan rings is 1. The second-order valence-corrected chi connectivity index (χ2v) is 6.36. The lowest BCUT2D eigenvalue weighted by Crippen LogP contribution is -2.40. The molecule has 1 fully saturated rings. The molecule has 4 rings (SSSR count). The first-order valence-corrected chi connectivity index (χ1v) is 8.59. The van der Waals surface area contributed by atoms with E-state index in [0.29, 0.717) is 18.2 Å². The van der Waals surface area contributed by atoms with Crippen LogP contribution in [0.5, 0.6) is 5.88 Å². The van der Waals surface area contributed by atoms with E-state index in [2.05, 4.69) is 14.9 Å². The largest absolute Gasteiger partial charge is 0.473 e. The number of para-hydroxylation sites is 1. The molecule has 0 aliphatic carbocycles. The molecule has 3 heterocycles. The summed E-state index contributed by atoms with van der Waals surface area (Å²) in [5.74, 6) is 1.20. The quantitative estimate of drug-likeness (QED) is 0.771. The summed E-state index contributed by atoms with van der Waals surface area (Å²) in [6.07, 6.45) is 6.24. The lowest BCUT2D eigenvalue weighted by atomic mass is 10.1. The number of hydrogen-bond donors (Lipinski definition) is 1. The van der Waals surface area contributed by atoms with Crippen LogP contribution in [-0.2, 0) is 0 Å². The number of rotatable bonds is 5. The van der Waals surface area contributed by atoms with Crippen molar-refractivity contribution in [2.45, 2.75) is 25.0 Å². The molecule has 3 aromatic rings. The summed E-state index contributed by atoms with van der Waals surface area (Å²) >= 11 is 0. The van der Waals surface area contributed by atoms with E-state index in [1.54, 1.807) is 18.6 Å². The average molecular weight is 339 g/mol. The van der Waals surface area contributed by atoms with Crippen LogP contribution in [-0.4, -0.2) is 45.7 Å². The molecule has 6 heteroatoms. The average Bonchev–Trinajstić information content (AvgIpc) is 3.09. The lowest BCUT2D eigenvalue weighted by Gasteiger charge is -2.32. The van der Waals surface area contributed by atoms with E-state index in [4.69, 9.17) is 9.15 Å². The molecule has 1 atom stereocenters. The fraction of sp³-hybridized carbons (Fsp3) is 0.368. The van der Waals surface area contributed by atoms with Gasteiger partial charge in [0.25, 0.3) is 0 Å². The lowest BCUT2D eigenvalue weighted by molar-refractivity contribution is 0.0518. The molecule has 1 aliphatic heterocycles. The Morgan fingerprint density at radius 3 is 2.84 bits per heavy atom. The van der Waals surface area contributed by atoms with E-state index in [-0.39, 0.29) is 6.10 Å². The Hall–Kier alpha value is -2.44. The molecule has 1 N–H and O–H groups in total. The van der Waals surface area contributed by atoms with Crippen molar-refractivity contribution in [1.82, 2.24) is 14.9 Å². The minimum Gasteiger partial charge on any atom is -0.473 e. The smallest absolute Gasteiger partial charge is 0.232 e. The van der Waals surface area contributed by atoms with E-state index in [1.807, 2.05) is 30.3 Å². The molecule has 0 amide bonds. The topological polar surface area (TPSA) is 71.6 Å². The zero-order valence-corrected chi connectivity index (χ0v) is 13.9. The maximum absolute atomic E-state index is 10.5. The van der Waals surface area contributed by atoms with Gasteiger partial charge in [-0.3, -0.25) is 4.98 Å². The van der Waals surface area contributed by atoms with Crippen LogP contribution in [0.3, 0.4) is 0 Å². The molecule has 0 unspecified atom stereocenters. The van der Waals surface area contributed by atoms with E-state index in [9.17, 15) is 5.11 Å². The second-order valence-electron chi connectivity index (χ2n) is 6.36. The summed E-state index contributed by atoms with van der Waals surface area (Å²) < 4.78 is 11.6. The highest BCUT2D eigenvalue weighted by atomic mass is 16.5. The second kappa shape index (κ2) is 7.21. The van der Waals surface area contributed by atoms with Gasteiger partial charge in [-0.05, 0) is 25.0 Å². The van der Waals surface area contributed by atoms with Crippen LogP contribution in [0.25, 0.3) is 11.0 Å². The third kappa shape index (κ3) is 3.81. The van der Waals surface area contributed by atoms with Gasteiger partial charge in [-0.25, -0.2) is 4.98 Å². The van der Waals surface area contributed by atoms with Crippen molar-refractivity contribution >= 4 is 11.0 Å². The molecule has 0 bridgehead atoms. The van der Waals surface area contributed by atoms with E-state index < -0.39 is 6.10 Å². The summed E-state index contributed by atoms with van der Waals surface area (Å²) in [7, 11) is 0. The van der Waals surface area contributed by atoms with Crippen molar-refractivity contribution in [1.29, 1.82) is 0 Å². The van der Waals surface area contributed by atoms with Crippen molar-refractivity contribution in [3.05, 3.63) is 54.7 Å². The van der Waals surface area contributed by atoms with Gasteiger partial charge in [0.2, 0.25) is 5.88 Å². The van der Waals surface area contributed by atoms with E-state index in [0.717, 1.165) is 36.9 Å². The number of aliphatic hydroxyl groups is 1. The van der Waals surface area contributed by atoms with Crippen LogP contribution in [0.1, 0.15) is 24.7 Å². The molecule has 2 aromatic heterocycles. The fourth-order valence-electron chi connectivity index (χ4n) is 3.23. The number of benzene rings is 1. The standard InChI is InChI=1S/C19H21N3O3/c23-16(18-11-14-3-1-2-4-17(14)25-18)13-22-9-5-15(6-10-22)24-19-12-20-7-8-21-19/h1-4,7-8,11-12,15-16,23H,5-6,9-10,13H2/t16-/m1/s1. The highest BCUT2D eigenvalue weighted by molar-refractivity contribution is 5.77. The molecule has 0 saturated carbocycles. The Kier molecular flexibility index (Phi) is 4.63. The Labute approximate surface area is 146 Å². The van der Waals surface area contributed by atoms with Crippen molar-refractivity contribution in [2.24, 2.45) is 0 Å². The number of nitrogens with zero attached hydrogens (tertiary/aromatic N) is 3.